The van der Waals surface area contributed by atoms with Crippen LogP contribution in [0.4, 0.5) is 4.39 Å². The van der Waals surface area contributed by atoms with Crippen molar-refractivity contribution in [3.05, 3.63) is 34.6 Å². The largest absolute Gasteiger partial charge is 0.359 e. The number of hydrogen-bond acceptors (Lipinski definition) is 2. The van der Waals surface area contributed by atoms with E-state index in [1.807, 2.05) is 0 Å². The van der Waals surface area contributed by atoms with E-state index in [-0.39, 0.29) is 23.7 Å². The fourth-order valence-corrected chi connectivity index (χ4v) is 2.81. The Morgan fingerprint density at radius 3 is 3.00 bits per heavy atom. The molecule has 0 aromatic heterocycles. The lowest BCUT2D eigenvalue weighted by Gasteiger charge is -2.20. The van der Waals surface area contributed by atoms with Crippen molar-refractivity contribution < 1.29 is 9.18 Å². The van der Waals surface area contributed by atoms with Crippen LogP contribution in [0.15, 0.2) is 18.2 Å². The van der Waals surface area contributed by atoms with Gasteiger partial charge in [-0.05, 0) is 36.6 Å². The summed E-state index contributed by atoms with van der Waals surface area (Å²) in [6.07, 6.45) is 2.89. The average Bonchev–Trinajstić information content (AvgIpc) is 2.87. The summed E-state index contributed by atoms with van der Waals surface area (Å²) in [6.45, 7) is 0.481. The molecule has 2 atom stereocenters. The van der Waals surface area contributed by atoms with Crippen LogP contribution in [0, 0.1) is 11.7 Å². The van der Waals surface area contributed by atoms with Crippen molar-refractivity contribution in [2.24, 2.45) is 5.92 Å². The Bertz CT molecular complexity index is 467. The molecule has 1 saturated carbocycles. The van der Waals surface area contributed by atoms with Crippen LogP contribution in [-0.4, -0.2) is 19.0 Å². The third kappa shape index (κ3) is 3.45. The predicted octanol–water partition coefficient (Wildman–Crippen LogP) is 2.48. The number of amides is 1. The number of carbonyl (C=O) groups excluding carboxylic acids is 1. The Labute approximate surface area is 117 Å². The summed E-state index contributed by atoms with van der Waals surface area (Å²) in [6, 6.07) is 4.46. The molecule has 5 heteroatoms. The minimum atomic E-state index is -0.296. The second kappa shape index (κ2) is 6.35. The second-order valence-electron chi connectivity index (χ2n) is 4.87. The number of carbonyl (C=O) groups is 1. The van der Waals surface area contributed by atoms with E-state index < -0.39 is 0 Å². The van der Waals surface area contributed by atoms with E-state index in [9.17, 15) is 9.18 Å². The topological polar surface area (TPSA) is 41.1 Å². The van der Waals surface area contributed by atoms with E-state index >= 15 is 0 Å². The number of rotatable bonds is 4. The zero-order valence-corrected chi connectivity index (χ0v) is 11.6. The molecule has 1 aromatic carbocycles. The normalized spacial score (nSPS) is 22.5. The highest BCUT2D eigenvalue weighted by molar-refractivity contribution is 6.31. The molecule has 0 saturated heterocycles. The van der Waals surface area contributed by atoms with Crippen LogP contribution in [0.1, 0.15) is 24.8 Å². The summed E-state index contributed by atoms with van der Waals surface area (Å²) in [4.78, 5) is 11.7. The highest BCUT2D eigenvalue weighted by Gasteiger charge is 2.31. The Morgan fingerprint density at radius 2 is 2.26 bits per heavy atom. The summed E-state index contributed by atoms with van der Waals surface area (Å²) in [5.41, 5.74) is 0.726. The maximum absolute atomic E-state index is 13.2. The van der Waals surface area contributed by atoms with Gasteiger partial charge in [-0.25, -0.2) is 4.39 Å². The van der Waals surface area contributed by atoms with E-state index in [4.69, 9.17) is 11.6 Å². The molecule has 2 N–H and O–H groups in total. The highest BCUT2D eigenvalue weighted by atomic mass is 35.5. The molecule has 3 nitrogen and oxygen atoms in total. The third-order valence-corrected chi connectivity index (χ3v) is 4.03. The van der Waals surface area contributed by atoms with Crippen molar-refractivity contribution in [2.45, 2.75) is 31.8 Å². The monoisotopic (exact) mass is 284 g/mol. The first-order valence-corrected chi connectivity index (χ1v) is 6.88. The van der Waals surface area contributed by atoms with E-state index in [1.54, 1.807) is 13.1 Å². The molecule has 1 aliphatic carbocycles. The molecule has 2 rings (SSSR count). The number of hydrogen-bond donors (Lipinski definition) is 2. The van der Waals surface area contributed by atoms with Crippen LogP contribution in [-0.2, 0) is 11.3 Å². The zero-order valence-electron chi connectivity index (χ0n) is 10.9. The van der Waals surface area contributed by atoms with Gasteiger partial charge in [0.15, 0.2) is 0 Å². The Hall–Kier alpha value is -1.13. The maximum Gasteiger partial charge on any atom is 0.224 e. The highest BCUT2D eigenvalue weighted by Crippen LogP contribution is 2.26. The third-order valence-electron chi connectivity index (χ3n) is 3.66. The second-order valence-corrected chi connectivity index (χ2v) is 5.28. The van der Waals surface area contributed by atoms with Crippen LogP contribution < -0.4 is 10.6 Å². The molecule has 1 fully saturated rings. The van der Waals surface area contributed by atoms with Gasteiger partial charge in [0.05, 0.1) is 5.92 Å². The van der Waals surface area contributed by atoms with Crippen LogP contribution in [0.3, 0.4) is 0 Å². The minimum Gasteiger partial charge on any atom is -0.359 e. The van der Waals surface area contributed by atoms with Crippen molar-refractivity contribution in [3.8, 4) is 0 Å². The zero-order chi connectivity index (χ0) is 13.8. The molecule has 0 aliphatic heterocycles. The van der Waals surface area contributed by atoms with E-state index in [1.165, 1.54) is 12.1 Å². The first-order chi connectivity index (χ1) is 9.11. The Morgan fingerprint density at radius 1 is 1.47 bits per heavy atom. The van der Waals surface area contributed by atoms with Crippen molar-refractivity contribution in [3.63, 3.8) is 0 Å². The van der Waals surface area contributed by atoms with Crippen molar-refractivity contribution in [2.75, 3.05) is 7.05 Å². The summed E-state index contributed by atoms with van der Waals surface area (Å²) in [5, 5.41) is 6.55. The Balaban J connectivity index is 1.98. The smallest absolute Gasteiger partial charge is 0.224 e. The Kier molecular flexibility index (Phi) is 4.77. The fraction of sp³-hybridized carbons (Fsp3) is 0.500. The molecular weight excluding hydrogens is 267 g/mol. The maximum atomic E-state index is 13.2. The van der Waals surface area contributed by atoms with E-state index in [0.717, 1.165) is 24.8 Å². The summed E-state index contributed by atoms with van der Waals surface area (Å²) in [5.74, 6) is -0.229. The molecule has 0 bridgehead atoms. The van der Waals surface area contributed by atoms with Gasteiger partial charge in [0.2, 0.25) is 5.91 Å². The van der Waals surface area contributed by atoms with Crippen molar-refractivity contribution >= 4 is 17.5 Å². The van der Waals surface area contributed by atoms with Crippen LogP contribution >= 0.6 is 11.6 Å². The van der Waals surface area contributed by atoms with Gasteiger partial charge in [-0.1, -0.05) is 18.0 Å². The molecule has 1 aliphatic rings. The minimum absolute atomic E-state index is 0.00247. The standard InChI is InChI=1S/C14H18ClFN2O/c1-17-14(19)11-3-2-4-13(11)18-8-9-7-10(16)5-6-12(9)15/h5-7,11,13,18H,2-4,8H2,1H3,(H,17,19)/t11-,13-/m0/s1. The molecule has 0 radical (unpaired) electrons. The van der Waals surface area contributed by atoms with Crippen LogP contribution in [0.2, 0.25) is 5.02 Å². The van der Waals surface area contributed by atoms with Gasteiger partial charge in [0.1, 0.15) is 5.82 Å². The summed E-state index contributed by atoms with van der Waals surface area (Å²) >= 11 is 6.02. The lowest BCUT2D eigenvalue weighted by molar-refractivity contribution is -0.124. The van der Waals surface area contributed by atoms with Crippen LogP contribution in [0.5, 0.6) is 0 Å². The van der Waals surface area contributed by atoms with Gasteiger partial charge in [0, 0.05) is 24.7 Å². The van der Waals surface area contributed by atoms with Gasteiger partial charge in [-0.3, -0.25) is 4.79 Å². The predicted molar refractivity (Wildman–Crippen MR) is 73.4 cm³/mol. The van der Waals surface area contributed by atoms with E-state index in [2.05, 4.69) is 10.6 Å². The van der Waals surface area contributed by atoms with Crippen LogP contribution in [0.25, 0.3) is 0 Å². The molecular formula is C14H18ClFN2O. The molecule has 1 aromatic rings. The van der Waals surface area contributed by atoms with Gasteiger partial charge in [-0.2, -0.15) is 0 Å². The molecule has 1 amide bonds. The molecule has 0 heterocycles. The van der Waals surface area contributed by atoms with Gasteiger partial charge in [0.25, 0.3) is 0 Å². The fourth-order valence-electron chi connectivity index (χ4n) is 2.62. The quantitative estimate of drug-likeness (QED) is 0.892. The summed E-state index contributed by atoms with van der Waals surface area (Å²) < 4.78 is 13.2. The lowest BCUT2D eigenvalue weighted by atomic mass is 10.0. The first kappa shape index (κ1) is 14.3. The SMILES string of the molecule is CNC(=O)[C@H]1CCC[C@@H]1NCc1cc(F)ccc1Cl. The number of benzene rings is 1. The van der Waals surface area contributed by atoms with Crippen molar-refractivity contribution in [1.82, 2.24) is 10.6 Å². The van der Waals surface area contributed by atoms with Crippen molar-refractivity contribution in [1.29, 1.82) is 0 Å². The number of halogens is 2. The molecule has 19 heavy (non-hydrogen) atoms. The summed E-state index contributed by atoms with van der Waals surface area (Å²) in [7, 11) is 1.65. The van der Waals surface area contributed by atoms with E-state index in [0.29, 0.717) is 11.6 Å². The molecule has 0 unspecified atom stereocenters. The lowest BCUT2D eigenvalue weighted by Crippen LogP contribution is -2.40. The average molecular weight is 285 g/mol. The first-order valence-electron chi connectivity index (χ1n) is 6.50. The number of nitrogens with one attached hydrogen (secondary N) is 2. The van der Waals surface area contributed by atoms with Gasteiger partial charge >= 0.3 is 0 Å². The molecule has 104 valence electrons. The molecule has 0 spiro atoms. The van der Waals surface area contributed by atoms with Gasteiger partial charge in [-0.15, -0.1) is 0 Å². The van der Waals surface area contributed by atoms with Gasteiger partial charge < -0.3 is 10.6 Å².